The van der Waals surface area contributed by atoms with Crippen molar-refractivity contribution in [2.75, 3.05) is 42.0 Å². The largest absolute Gasteiger partial charge is 0.505 e. The topological polar surface area (TPSA) is 270 Å². The molecule has 0 heterocycles. The number of aromatic hydroxyl groups is 1. The van der Waals surface area contributed by atoms with Crippen LogP contribution in [0.3, 0.4) is 0 Å². The highest BCUT2D eigenvalue weighted by Crippen LogP contribution is 2.47. The summed E-state index contributed by atoms with van der Waals surface area (Å²) in [4.78, 5) is 52.8. The van der Waals surface area contributed by atoms with Crippen LogP contribution < -0.4 is 30.2 Å². The Hall–Kier alpha value is -6.76. The van der Waals surface area contributed by atoms with Crippen LogP contribution in [-0.4, -0.2) is 78.2 Å². The van der Waals surface area contributed by atoms with Crippen molar-refractivity contribution in [1.29, 1.82) is 0 Å². The molecule has 0 aliphatic rings. The average Bonchev–Trinajstić information content (AvgIpc) is 3.39. The molecule has 0 spiro atoms. The second kappa shape index (κ2) is 26.1. The molecule has 6 rings (SSSR count). The van der Waals surface area contributed by atoms with Gasteiger partial charge in [0.05, 0.1) is 57.6 Å². The average molecular weight is 1130 g/mol. The van der Waals surface area contributed by atoms with Crippen LogP contribution in [0.15, 0.2) is 123 Å². The summed E-state index contributed by atoms with van der Waals surface area (Å²) >= 11 is 7.99. The quantitative estimate of drug-likeness (QED) is 0.00454. The molecule has 0 saturated heterocycles. The molecule has 0 bridgehead atoms. The minimum absolute atomic E-state index is 0.0233. The van der Waals surface area contributed by atoms with Crippen LogP contribution >= 0.6 is 35.4 Å². The molecule has 1 unspecified atom stereocenters. The molecule has 0 aromatic heterocycles. The predicted molar refractivity (Wildman–Crippen MR) is 297 cm³/mol. The molecule has 0 fully saturated rings. The molecule has 0 aliphatic carbocycles. The van der Waals surface area contributed by atoms with E-state index in [4.69, 9.17) is 31.1 Å². The highest BCUT2D eigenvalue weighted by Gasteiger charge is 2.30. The second-order valence-electron chi connectivity index (χ2n) is 18.6. The van der Waals surface area contributed by atoms with Gasteiger partial charge in [0.2, 0.25) is 11.8 Å². The van der Waals surface area contributed by atoms with Crippen LogP contribution in [0.1, 0.15) is 82.8 Å². The van der Waals surface area contributed by atoms with E-state index in [1.54, 1.807) is 54.6 Å². The lowest BCUT2D eigenvalue weighted by molar-refractivity contribution is -0.432. The fourth-order valence-corrected chi connectivity index (χ4v) is 9.68. The Balaban J connectivity index is 1.14. The van der Waals surface area contributed by atoms with Crippen LogP contribution in [0.5, 0.6) is 23.0 Å². The lowest BCUT2D eigenvalue weighted by atomic mass is 9.76. The minimum atomic E-state index is -4.76. The van der Waals surface area contributed by atoms with Gasteiger partial charge in [-0.3, -0.25) is 23.7 Å². The number of fused-ring (bicyclic) bond motifs is 1. The van der Waals surface area contributed by atoms with E-state index in [0.717, 1.165) is 49.2 Å². The first-order chi connectivity index (χ1) is 36.5. The Morgan fingerprint density at radius 3 is 2.12 bits per heavy atom. The fourth-order valence-electron chi connectivity index (χ4n) is 7.57. The summed E-state index contributed by atoms with van der Waals surface area (Å²) in [6.45, 7) is 13.9. The number of azo groups is 1. The number of nitrogens with zero attached hydrogens (tertiary/aromatic N) is 2. The molecule has 23 heteroatoms. The van der Waals surface area contributed by atoms with Crippen LogP contribution in [0.4, 0.5) is 28.4 Å². The molecule has 19 nitrogen and oxygen atoms in total. The monoisotopic (exact) mass is 1130 g/mol. The second-order valence-corrected chi connectivity index (χ2v) is 22.4. The van der Waals surface area contributed by atoms with Gasteiger partial charge >= 0.3 is 0 Å². The number of ether oxygens (including phenoxy) is 3. The summed E-state index contributed by atoms with van der Waals surface area (Å²) in [7, 11) is -3.26. The molecular formula is C54H58ClN5O14S3. The minimum Gasteiger partial charge on any atom is -0.505 e. The summed E-state index contributed by atoms with van der Waals surface area (Å²) in [6.07, 6.45) is 1.81. The van der Waals surface area contributed by atoms with Gasteiger partial charge in [-0.2, -0.15) is 13.5 Å². The van der Waals surface area contributed by atoms with E-state index in [-0.39, 0.29) is 78.8 Å². The zero-order valence-electron chi connectivity index (χ0n) is 43.3. The summed E-state index contributed by atoms with van der Waals surface area (Å²) < 4.78 is 55.7. The normalized spacial score (nSPS) is 12.3. The Morgan fingerprint density at radius 2 is 1.48 bits per heavy atom. The summed E-state index contributed by atoms with van der Waals surface area (Å²) in [5.74, 6) is -1.12. The summed E-state index contributed by atoms with van der Waals surface area (Å²) in [6, 6.07) is 26.6. The van der Waals surface area contributed by atoms with E-state index >= 15 is 0 Å². The summed E-state index contributed by atoms with van der Waals surface area (Å²) in [5, 5.41) is 39.2. The third-order valence-electron chi connectivity index (χ3n) is 12.6. The maximum absolute atomic E-state index is 14.1. The number of carbonyl (C=O) groups excluding carboxylic acids is 4. The Kier molecular flexibility index (Phi) is 20.1. The van der Waals surface area contributed by atoms with Gasteiger partial charge in [-0.15, -0.1) is 21.2 Å². The maximum atomic E-state index is 14.1. The van der Waals surface area contributed by atoms with Gasteiger partial charge in [-0.25, -0.2) is 5.26 Å². The smallest absolute Gasteiger partial charge is 0.294 e. The van der Waals surface area contributed by atoms with E-state index in [9.17, 15) is 37.3 Å². The number of hydrogen-bond acceptors (Lipinski definition) is 17. The molecule has 3 amide bonds. The lowest BCUT2D eigenvalue weighted by Crippen LogP contribution is -2.33. The number of thioether (sulfide) groups is 1. The van der Waals surface area contributed by atoms with Gasteiger partial charge in [-0.1, -0.05) is 70.3 Å². The van der Waals surface area contributed by atoms with Crippen molar-refractivity contribution >= 4 is 108 Å². The number of rotatable bonds is 25. The molecule has 1 atom stereocenters. The number of benzene rings is 6. The van der Waals surface area contributed by atoms with Crippen molar-refractivity contribution in [3.05, 3.63) is 125 Å². The SMILES string of the molecule is CCC(C)(C)c1ccc(OCC(=O)Nc2ccc(Cl)c(NC(=O)C(SCCOc3ccc(N=Nc4c(SOOO)cc5cc(S(=O)(=O)O)cc(NC(C)=O)c5c4O)cc3)C(=O)c3ccc(OC)cc3)c2)c(C(C)(C)CC)c1. The third kappa shape index (κ3) is 15.5. The summed E-state index contributed by atoms with van der Waals surface area (Å²) in [5.41, 5.74) is 2.54. The van der Waals surface area contributed by atoms with Crippen molar-refractivity contribution in [2.24, 2.45) is 10.2 Å². The van der Waals surface area contributed by atoms with Crippen LogP contribution in [-0.2, 0) is 44.7 Å². The molecule has 6 aromatic carbocycles. The number of hydrogen-bond donors (Lipinski definition) is 6. The molecule has 6 N–H and O–H groups in total. The first-order valence-electron chi connectivity index (χ1n) is 23.8. The number of methoxy groups -OCH3 is 1. The Labute approximate surface area is 459 Å². The van der Waals surface area contributed by atoms with Crippen molar-refractivity contribution in [3.63, 3.8) is 0 Å². The predicted octanol–water partition coefficient (Wildman–Crippen LogP) is 12.7. The molecular weight excluding hydrogens is 1070 g/mol. The molecule has 6 aromatic rings. The number of Topliss-reactive ketones (excluding diaryl/α,β-unsaturated/α-hetero) is 1. The lowest BCUT2D eigenvalue weighted by Gasteiger charge is -2.30. The number of anilines is 3. The number of halogens is 1. The van der Waals surface area contributed by atoms with Crippen LogP contribution in [0, 0.1) is 0 Å². The number of nitrogens with one attached hydrogen (secondary N) is 3. The fraction of sp³-hybridized carbons (Fsp3) is 0.296. The van der Waals surface area contributed by atoms with E-state index in [0.29, 0.717) is 35.0 Å². The van der Waals surface area contributed by atoms with E-state index in [1.165, 1.54) is 30.9 Å². The third-order valence-corrected chi connectivity index (χ3v) is 15.5. The van der Waals surface area contributed by atoms with E-state index in [2.05, 4.69) is 83.2 Å². The van der Waals surface area contributed by atoms with E-state index < -0.39 is 49.5 Å². The molecule has 408 valence electrons. The zero-order chi connectivity index (χ0) is 56.2. The molecule has 0 saturated carbocycles. The van der Waals surface area contributed by atoms with E-state index in [1.807, 2.05) is 12.1 Å². The standard InChI is InChI=1S/C54H58ClN5O14S3/c1-9-53(4,5)34-13-22-44(40(27-34)54(6,7)10-2)72-30-46(62)57-36-16-21-41(55)42(28-36)58-52(65)51(49(63)32-11-17-37(70-8)18-12-32)75-24-23-71-38-19-14-35(15-20-38)59-60-48-45(76-74-73-66)26-33-25-39(77(67,68)69)29-43(56-31(3)61)47(33)50(48)64/h11-22,25-29,51,64,66H,9-10,23-24,30H2,1-8H3,(H,56,61)(H,57,62)(H,58,65)(H,67,68,69). The van der Waals surface area contributed by atoms with Crippen molar-refractivity contribution in [3.8, 4) is 23.0 Å². The van der Waals surface area contributed by atoms with Gasteiger partial charge in [0.1, 0.15) is 28.2 Å². The van der Waals surface area contributed by atoms with Crippen molar-refractivity contribution < 1.29 is 66.1 Å². The number of amides is 3. The van der Waals surface area contributed by atoms with Gasteiger partial charge in [0.15, 0.2) is 18.1 Å². The highest BCUT2D eigenvalue weighted by molar-refractivity contribution is 8.01. The Bertz CT molecular complexity index is 3290. The highest BCUT2D eigenvalue weighted by atomic mass is 35.5. The van der Waals surface area contributed by atoms with Crippen LogP contribution in [0.2, 0.25) is 5.02 Å². The Morgan fingerprint density at radius 1 is 0.792 bits per heavy atom. The van der Waals surface area contributed by atoms with Gasteiger partial charge in [0, 0.05) is 34.9 Å². The van der Waals surface area contributed by atoms with Crippen LogP contribution in [0.25, 0.3) is 10.8 Å². The van der Waals surface area contributed by atoms with Gasteiger partial charge < -0.3 is 35.3 Å². The number of phenolic OH excluding ortho intramolecular Hbond substituents is 1. The zero-order valence-corrected chi connectivity index (χ0v) is 46.5. The molecule has 0 radical (unpaired) electrons. The van der Waals surface area contributed by atoms with Gasteiger partial charge in [-0.05, 0) is 126 Å². The van der Waals surface area contributed by atoms with Crippen molar-refractivity contribution in [1.82, 2.24) is 0 Å². The van der Waals surface area contributed by atoms with Gasteiger partial charge in [0.25, 0.3) is 16.0 Å². The number of phenols is 1. The van der Waals surface area contributed by atoms with Crippen molar-refractivity contribution in [2.45, 2.75) is 87.2 Å². The number of ketones is 1. The molecule has 0 aliphatic heterocycles. The first kappa shape index (κ1) is 59.5. The first-order valence-corrected chi connectivity index (χ1v) is 27.5. The molecule has 77 heavy (non-hydrogen) atoms. The number of carbonyl (C=O) groups is 4. The maximum Gasteiger partial charge on any atom is 0.294 e.